The van der Waals surface area contributed by atoms with Gasteiger partial charge < -0.3 is 10.2 Å². The van der Waals surface area contributed by atoms with Gasteiger partial charge in [0.2, 0.25) is 5.91 Å². The van der Waals surface area contributed by atoms with E-state index >= 15 is 0 Å². The fourth-order valence-corrected chi connectivity index (χ4v) is 1.96. The fourth-order valence-electron chi connectivity index (χ4n) is 1.96. The maximum atomic E-state index is 11.9. The predicted molar refractivity (Wildman–Crippen MR) is 62.9 cm³/mol. The highest BCUT2D eigenvalue weighted by Gasteiger charge is 2.23. The number of nitrogens with zero attached hydrogens (tertiary/aromatic N) is 4. The van der Waals surface area contributed by atoms with Crippen LogP contribution in [-0.4, -0.2) is 51.7 Å². The number of carbonyl (C=O) groups excluding carboxylic acids is 1. The smallest absolute Gasteiger partial charge is 0.307 e. The Morgan fingerprint density at radius 3 is 3.11 bits per heavy atom. The van der Waals surface area contributed by atoms with E-state index in [2.05, 4.69) is 10.4 Å². The number of rotatable bonds is 4. The highest BCUT2D eigenvalue weighted by molar-refractivity contribution is 5.76. The lowest BCUT2D eigenvalue weighted by Gasteiger charge is -2.23. The molecule has 1 aliphatic heterocycles. The highest BCUT2D eigenvalue weighted by atomic mass is 16.6. The molecule has 1 aliphatic rings. The van der Waals surface area contributed by atoms with Crippen molar-refractivity contribution in [2.75, 3.05) is 20.1 Å². The molecule has 2 heterocycles. The summed E-state index contributed by atoms with van der Waals surface area (Å²) in [5.74, 6) is -0.0957. The van der Waals surface area contributed by atoms with Crippen LogP contribution in [-0.2, 0) is 11.3 Å². The Morgan fingerprint density at radius 2 is 2.56 bits per heavy atom. The fraction of sp³-hybridized carbons (Fsp3) is 0.600. The summed E-state index contributed by atoms with van der Waals surface area (Å²) in [6, 6.07) is 0.197. The third-order valence-corrected chi connectivity index (χ3v) is 3.10. The SMILES string of the molecule is CN(C(=O)Cn1cc([N+](=O)[O-])cn1)C1CCNC1. The second-order valence-corrected chi connectivity index (χ2v) is 4.30. The first-order valence-corrected chi connectivity index (χ1v) is 5.71. The summed E-state index contributed by atoms with van der Waals surface area (Å²) in [5.41, 5.74) is -0.104. The minimum absolute atomic E-state index is 0.0286. The zero-order valence-corrected chi connectivity index (χ0v) is 10.1. The molecule has 98 valence electrons. The topological polar surface area (TPSA) is 93.3 Å². The summed E-state index contributed by atoms with van der Waals surface area (Å²) in [5, 5.41) is 17.5. The standard InChI is InChI=1S/C10H15N5O3/c1-13(8-2-3-11-4-8)10(16)7-14-6-9(5-12-14)15(17)18/h5-6,8,11H,2-4,7H2,1H3. The van der Waals surface area contributed by atoms with Gasteiger partial charge in [-0.3, -0.25) is 19.6 Å². The Bertz CT molecular complexity index is 452. The van der Waals surface area contributed by atoms with Gasteiger partial charge in [-0.15, -0.1) is 0 Å². The lowest BCUT2D eigenvalue weighted by Crippen LogP contribution is -2.40. The monoisotopic (exact) mass is 253 g/mol. The van der Waals surface area contributed by atoms with Crippen LogP contribution >= 0.6 is 0 Å². The average molecular weight is 253 g/mol. The lowest BCUT2D eigenvalue weighted by molar-refractivity contribution is -0.385. The number of nitro groups is 1. The first kappa shape index (κ1) is 12.5. The Balaban J connectivity index is 1.95. The van der Waals surface area contributed by atoms with Crippen LogP contribution in [0.3, 0.4) is 0 Å². The van der Waals surface area contributed by atoms with Crippen molar-refractivity contribution in [2.24, 2.45) is 0 Å². The van der Waals surface area contributed by atoms with Crippen molar-refractivity contribution in [3.8, 4) is 0 Å². The van der Waals surface area contributed by atoms with Gasteiger partial charge in [-0.2, -0.15) is 5.10 Å². The molecule has 1 fully saturated rings. The summed E-state index contributed by atoms with van der Waals surface area (Å²) in [4.78, 5) is 23.6. The van der Waals surface area contributed by atoms with E-state index in [0.29, 0.717) is 0 Å². The number of hydrogen-bond donors (Lipinski definition) is 1. The molecule has 1 unspecified atom stereocenters. The van der Waals surface area contributed by atoms with E-state index in [-0.39, 0.29) is 24.2 Å². The van der Waals surface area contributed by atoms with Crippen LogP contribution in [0.15, 0.2) is 12.4 Å². The molecule has 0 aromatic carbocycles. The summed E-state index contributed by atoms with van der Waals surface area (Å²) in [6.45, 7) is 1.73. The third kappa shape index (κ3) is 2.65. The van der Waals surface area contributed by atoms with Gasteiger partial charge in [0.1, 0.15) is 18.9 Å². The lowest BCUT2D eigenvalue weighted by atomic mass is 10.2. The molecule has 18 heavy (non-hydrogen) atoms. The van der Waals surface area contributed by atoms with Gasteiger partial charge in [-0.1, -0.05) is 0 Å². The molecular weight excluding hydrogens is 238 g/mol. The van der Waals surface area contributed by atoms with Crippen molar-refractivity contribution >= 4 is 11.6 Å². The van der Waals surface area contributed by atoms with E-state index in [1.807, 2.05) is 0 Å². The van der Waals surface area contributed by atoms with Crippen LogP contribution in [0.4, 0.5) is 5.69 Å². The number of amides is 1. The van der Waals surface area contributed by atoms with E-state index in [4.69, 9.17) is 0 Å². The highest BCUT2D eigenvalue weighted by Crippen LogP contribution is 2.10. The van der Waals surface area contributed by atoms with Crippen molar-refractivity contribution < 1.29 is 9.72 Å². The van der Waals surface area contributed by atoms with Gasteiger partial charge in [0.05, 0.1) is 4.92 Å². The van der Waals surface area contributed by atoms with Crippen molar-refractivity contribution in [3.05, 3.63) is 22.5 Å². The van der Waals surface area contributed by atoms with Crippen LogP contribution in [0.25, 0.3) is 0 Å². The number of aromatic nitrogens is 2. The average Bonchev–Trinajstić information content (AvgIpc) is 2.98. The molecule has 8 heteroatoms. The molecule has 0 aliphatic carbocycles. The van der Waals surface area contributed by atoms with Gasteiger partial charge in [0.25, 0.3) is 0 Å². The number of carbonyl (C=O) groups is 1. The molecule has 1 amide bonds. The quantitative estimate of drug-likeness (QED) is 0.582. The second kappa shape index (κ2) is 5.13. The largest absolute Gasteiger partial charge is 0.340 e. The molecule has 1 aromatic heterocycles. The van der Waals surface area contributed by atoms with E-state index < -0.39 is 4.92 Å². The molecule has 0 saturated carbocycles. The first-order chi connectivity index (χ1) is 8.58. The molecule has 2 rings (SSSR count). The minimum Gasteiger partial charge on any atom is -0.340 e. The van der Waals surface area contributed by atoms with Crippen LogP contribution < -0.4 is 5.32 Å². The molecule has 0 radical (unpaired) electrons. The van der Waals surface area contributed by atoms with E-state index in [0.717, 1.165) is 25.7 Å². The van der Waals surface area contributed by atoms with Crippen LogP contribution in [0.5, 0.6) is 0 Å². The molecule has 1 N–H and O–H groups in total. The zero-order valence-electron chi connectivity index (χ0n) is 10.1. The molecular formula is C10H15N5O3. The summed E-state index contributed by atoms with van der Waals surface area (Å²) >= 11 is 0. The van der Waals surface area contributed by atoms with Crippen LogP contribution in [0, 0.1) is 10.1 Å². The Hall–Kier alpha value is -1.96. The molecule has 1 atom stereocenters. The predicted octanol–water partition coefficient (Wildman–Crippen LogP) is -0.388. The van der Waals surface area contributed by atoms with Gasteiger partial charge >= 0.3 is 5.69 Å². The normalized spacial score (nSPS) is 18.8. The van der Waals surface area contributed by atoms with Crippen molar-refractivity contribution in [1.82, 2.24) is 20.0 Å². The maximum absolute atomic E-state index is 11.9. The number of nitrogens with one attached hydrogen (secondary N) is 1. The Kier molecular flexibility index (Phi) is 3.56. The summed E-state index contributed by atoms with van der Waals surface area (Å²) < 4.78 is 1.29. The van der Waals surface area contributed by atoms with E-state index in [9.17, 15) is 14.9 Å². The van der Waals surface area contributed by atoms with E-state index in [1.54, 1.807) is 11.9 Å². The number of likely N-dealkylation sites (N-methyl/N-ethyl adjacent to an activating group) is 1. The minimum atomic E-state index is -0.529. The first-order valence-electron chi connectivity index (χ1n) is 5.71. The Morgan fingerprint density at radius 1 is 1.78 bits per heavy atom. The molecule has 0 bridgehead atoms. The van der Waals surface area contributed by atoms with E-state index in [1.165, 1.54) is 10.9 Å². The summed E-state index contributed by atoms with van der Waals surface area (Å²) in [6.07, 6.45) is 3.34. The van der Waals surface area contributed by atoms with Gasteiger partial charge in [-0.25, -0.2) is 0 Å². The van der Waals surface area contributed by atoms with Crippen molar-refractivity contribution in [1.29, 1.82) is 0 Å². The summed E-state index contributed by atoms with van der Waals surface area (Å²) in [7, 11) is 1.75. The second-order valence-electron chi connectivity index (χ2n) is 4.30. The Labute approximate surface area is 104 Å². The van der Waals surface area contributed by atoms with Crippen LogP contribution in [0.2, 0.25) is 0 Å². The molecule has 8 nitrogen and oxygen atoms in total. The van der Waals surface area contributed by atoms with Crippen molar-refractivity contribution in [2.45, 2.75) is 19.0 Å². The van der Waals surface area contributed by atoms with Crippen molar-refractivity contribution in [3.63, 3.8) is 0 Å². The maximum Gasteiger partial charge on any atom is 0.307 e. The van der Waals surface area contributed by atoms with Gasteiger partial charge in [0.15, 0.2) is 0 Å². The molecule has 1 saturated heterocycles. The number of hydrogen-bond acceptors (Lipinski definition) is 5. The zero-order chi connectivity index (χ0) is 13.1. The van der Waals surface area contributed by atoms with Gasteiger partial charge in [-0.05, 0) is 13.0 Å². The van der Waals surface area contributed by atoms with Crippen LogP contribution in [0.1, 0.15) is 6.42 Å². The third-order valence-electron chi connectivity index (χ3n) is 3.10. The van der Waals surface area contributed by atoms with Gasteiger partial charge in [0, 0.05) is 19.6 Å². The molecule has 0 spiro atoms. The molecule has 1 aromatic rings.